The number of imidazole rings is 1. The second-order valence-corrected chi connectivity index (χ2v) is 7.88. The van der Waals surface area contributed by atoms with Crippen LogP contribution in [0.15, 0.2) is 67.0 Å². The van der Waals surface area contributed by atoms with Crippen LogP contribution in [0, 0.1) is 0 Å². The second-order valence-electron chi connectivity index (χ2n) is 7.88. The van der Waals surface area contributed by atoms with E-state index in [1.165, 1.54) is 0 Å². The van der Waals surface area contributed by atoms with Crippen LogP contribution in [-0.2, 0) is 11.2 Å². The summed E-state index contributed by atoms with van der Waals surface area (Å²) < 4.78 is 7.74. The zero-order chi connectivity index (χ0) is 22.8. The number of para-hydroxylation sites is 1. The zero-order valence-electron chi connectivity index (χ0n) is 18.5. The van der Waals surface area contributed by atoms with Crippen LogP contribution < -0.4 is 10.7 Å². The number of carbonyl (C=O) groups is 1. The van der Waals surface area contributed by atoms with Gasteiger partial charge in [-0.25, -0.2) is 15.0 Å². The lowest BCUT2D eigenvalue weighted by Gasteiger charge is -2.38. The van der Waals surface area contributed by atoms with Crippen molar-refractivity contribution in [3.05, 3.63) is 78.2 Å². The first-order valence-electron chi connectivity index (χ1n) is 11.1. The highest BCUT2D eigenvalue weighted by molar-refractivity contribution is 5.93. The molecule has 0 radical (unpaired) electrons. The van der Waals surface area contributed by atoms with Crippen LogP contribution in [0.2, 0.25) is 0 Å². The van der Waals surface area contributed by atoms with Gasteiger partial charge in [0.2, 0.25) is 5.91 Å². The van der Waals surface area contributed by atoms with E-state index in [0.29, 0.717) is 18.8 Å². The Balaban J connectivity index is 1.68. The van der Waals surface area contributed by atoms with Gasteiger partial charge in [-0.2, -0.15) is 0 Å². The van der Waals surface area contributed by atoms with Gasteiger partial charge in [0, 0.05) is 36.1 Å². The molecule has 1 saturated heterocycles. The Bertz CT molecular complexity index is 1260. The van der Waals surface area contributed by atoms with E-state index in [9.17, 15) is 4.79 Å². The van der Waals surface area contributed by atoms with Crippen LogP contribution in [0.4, 0.5) is 11.5 Å². The van der Waals surface area contributed by atoms with Gasteiger partial charge < -0.3 is 10.5 Å². The van der Waals surface area contributed by atoms with Gasteiger partial charge in [-0.3, -0.25) is 14.2 Å². The van der Waals surface area contributed by atoms with E-state index in [-0.39, 0.29) is 0 Å². The Labute approximate surface area is 192 Å². The van der Waals surface area contributed by atoms with Crippen LogP contribution in [0.25, 0.3) is 16.9 Å². The van der Waals surface area contributed by atoms with Gasteiger partial charge in [0.25, 0.3) is 0 Å². The average Bonchev–Trinajstić information content (AvgIpc) is 3.30. The molecule has 0 spiro atoms. The lowest BCUT2D eigenvalue weighted by atomic mass is 10.1. The molecule has 3 heterocycles. The fourth-order valence-corrected chi connectivity index (χ4v) is 4.20. The quantitative estimate of drug-likeness (QED) is 0.492. The molecule has 0 aliphatic carbocycles. The van der Waals surface area contributed by atoms with E-state index in [0.717, 1.165) is 53.6 Å². The molecule has 0 saturated carbocycles. The summed E-state index contributed by atoms with van der Waals surface area (Å²) in [5.74, 6) is 0.321. The standard InChI is InChI=1S/C25H26N6O2/c1-2-20-16-27-24-25(31(21-6-4-3-5-7-21)29-12-14-33-15-13-29)28-17-22(30(20)24)18-8-10-19(11-9-18)23(26)32/h3-11,16-17H,2,12-15H2,1H3,(H2,26,32). The molecule has 1 fully saturated rings. The molecule has 1 amide bonds. The molecule has 5 rings (SSSR count). The number of aromatic nitrogens is 3. The van der Waals surface area contributed by atoms with Crippen LogP contribution in [0.1, 0.15) is 23.0 Å². The number of morpholine rings is 1. The summed E-state index contributed by atoms with van der Waals surface area (Å²) in [5.41, 5.74) is 10.6. The van der Waals surface area contributed by atoms with Crippen molar-refractivity contribution in [3.63, 3.8) is 0 Å². The molecule has 1 aliphatic rings. The highest BCUT2D eigenvalue weighted by Gasteiger charge is 2.26. The number of rotatable bonds is 6. The number of benzene rings is 2. The number of nitrogens with zero attached hydrogens (tertiary/aromatic N) is 5. The van der Waals surface area contributed by atoms with Gasteiger partial charge in [-0.05, 0) is 30.7 Å². The SMILES string of the molecule is CCc1cnc2c(N(c3ccccc3)N3CCOCC3)ncc(-c3ccc(C(N)=O)cc3)n12. The van der Waals surface area contributed by atoms with Crippen molar-refractivity contribution < 1.29 is 9.53 Å². The van der Waals surface area contributed by atoms with E-state index in [4.69, 9.17) is 20.4 Å². The van der Waals surface area contributed by atoms with Crippen LogP contribution in [0.3, 0.4) is 0 Å². The summed E-state index contributed by atoms with van der Waals surface area (Å²) in [7, 11) is 0. The summed E-state index contributed by atoms with van der Waals surface area (Å²) in [6.45, 7) is 4.97. The number of hydrogen-bond donors (Lipinski definition) is 1. The summed E-state index contributed by atoms with van der Waals surface area (Å²) in [6.07, 6.45) is 4.60. The van der Waals surface area contributed by atoms with Crippen molar-refractivity contribution in [3.8, 4) is 11.3 Å². The Kier molecular flexibility index (Phi) is 5.77. The summed E-state index contributed by atoms with van der Waals surface area (Å²) in [5, 5.41) is 4.40. The molecule has 33 heavy (non-hydrogen) atoms. The van der Waals surface area contributed by atoms with Gasteiger partial charge in [-0.15, -0.1) is 0 Å². The van der Waals surface area contributed by atoms with Gasteiger partial charge in [0.1, 0.15) is 0 Å². The minimum atomic E-state index is -0.443. The molecule has 2 aromatic heterocycles. The number of amides is 1. The number of aryl methyl sites for hydroxylation is 1. The van der Waals surface area contributed by atoms with Crippen LogP contribution >= 0.6 is 0 Å². The Hall–Kier alpha value is -3.75. The zero-order valence-corrected chi connectivity index (χ0v) is 18.5. The number of hydrogen-bond acceptors (Lipinski definition) is 6. The number of primary amides is 1. The molecule has 8 heteroatoms. The maximum absolute atomic E-state index is 11.5. The van der Waals surface area contributed by atoms with Crippen molar-refractivity contribution in [1.82, 2.24) is 19.4 Å². The molecule has 0 unspecified atom stereocenters. The Morgan fingerprint density at radius 2 is 1.76 bits per heavy atom. The van der Waals surface area contributed by atoms with Crippen molar-refractivity contribution in [2.24, 2.45) is 5.73 Å². The highest BCUT2D eigenvalue weighted by atomic mass is 16.5. The van der Waals surface area contributed by atoms with Gasteiger partial charge in [-0.1, -0.05) is 37.3 Å². The van der Waals surface area contributed by atoms with E-state index in [2.05, 4.69) is 33.5 Å². The van der Waals surface area contributed by atoms with Crippen LogP contribution in [0.5, 0.6) is 0 Å². The molecule has 0 bridgehead atoms. The smallest absolute Gasteiger partial charge is 0.248 e. The fourth-order valence-electron chi connectivity index (χ4n) is 4.20. The molecular formula is C25H26N6O2. The molecule has 0 atom stereocenters. The number of ether oxygens (including phenoxy) is 1. The Morgan fingerprint density at radius 3 is 2.42 bits per heavy atom. The average molecular weight is 443 g/mol. The summed E-state index contributed by atoms with van der Waals surface area (Å²) >= 11 is 0. The van der Waals surface area contributed by atoms with Crippen molar-refractivity contribution in [1.29, 1.82) is 0 Å². The molecule has 2 N–H and O–H groups in total. The van der Waals surface area contributed by atoms with Crippen molar-refractivity contribution in [2.45, 2.75) is 13.3 Å². The number of hydrazine groups is 1. The third-order valence-electron chi connectivity index (χ3n) is 5.88. The highest BCUT2D eigenvalue weighted by Crippen LogP contribution is 2.33. The molecule has 1 aliphatic heterocycles. The minimum absolute atomic E-state index is 0.443. The van der Waals surface area contributed by atoms with E-state index in [1.807, 2.05) is 42.7 Å². The first-order chi connectivity index (χ1) is 16.2. The first kappa shape index (κ1) is 21.1. The third-order valence-corrected chi connectivity index (χ3v) is 5.88. The molecule has 2 aromatic carbocycles. The number of carbonyl (C=O) groups excluding carboxylic acids is 1. The summed E-state index contributed by atoms with van der Waals surface area (Å²) in [4.78, 5) is 21.2. The van der Waals surface area contributed by atoms with Gasteiger partial charge >= 0.3 is 0 Å². The number of anilines is 2. The fraction of sp³-hybridized carbons (Fsp3) is 0.240. The second kappa shape index (κ2) is 9.01. The monoisotopic (exact) mass is 442 g/mol. The maximum Gasteiger partial charge on any atom is 0.248 e. The predicted octanol–water partition coefficient (Wildman–Crippen LogP) is 3.44. The number of fused-ring (bicyclic) bond motifs is 1. The lowest BCUT2D eigenvalue weighted by Crippen LogP contribution is -2.47. The predicted molar refractivity (Wildman–Crippen MR) is 127 cm³/mol. The van der Waals surface area contributed by atoms with Crippen molar-refractivity contribution >= 4 is 23.1 Å². The topological polar surface area (TPSA) is 89.0 Å². The van der Waals surface area contributed by atoms with Crippen molar-refractivity contribution in [2.75, 3.05) is 31.3 Å². The van der Waals surface area contributed by atoms with E-state index < -0.39 is 5.91 Å². The van der Waals surface area contributed by atoms with Gasteiger partial charge in [0.05, 0.1) is 30.8 Å². The maximum atomic E-state index is 11.5. The molecule has 168 valence electrons. The lowest BCUT2D eigenvalue weighted by molar-refractivity contribution is 0.0376. The first-order valence-corrected chi connectivity index (χ1v) is 11.1. The summed E-state index contributed by atoms with van der Waals surface area (Å²) in [6, 6.07) is 17.5. The number of nitrogens with two attached hydrogens (primary N) is 1. The van der Waals surface area contributed by atoms with Gasteiger partial charge in [0.15, 0.2) is 11.5 Å². The Morgan fingerprint density at radius 1 is 1.03 bits per heavy atom. The normalized spacial score (nSPS) is 14.5. The third kappa shape index (κ3) is 3.94. The van der Waals surface area contributed by atoms with E-state index in [1.54, 1.807) is 12.1 Å². The molecular weight excluding hydrogens is 416 g/mol. The largest absolute Gasteiger partial charge is 0.379 e. The van der Waals surface area contributed by atoms with E-state index >= 15 is 0 Å². The van der Waals surface area contributed by atoms with Crippen LogP contribution in [-0.4, -0.2) is 51.6 Å². The minimum Gasteiger partial charge on any atom is -0.379 e. The molecule has 8 nitrogen and oxygen atoms in total. The molecule has 4 aromatic rings.